The summed E-state index contributed by atoms with van der Waals surface area (Å²) in [5.41, 5.74) is 4.11. The van der Waals surface area contributed by atoms with Crippen molar-refractivity contribution in [2.24, 2.45) is 0 Å². The van der Waals surface area contributed by atoms with E-state index >= 15 is 0 Å². The molecule has 0 aliphatic carbocycles. The van der Waals surface area contributed by atoms with Crippen molar-refractivity contribution in [3.63, 3.8) is 0 Å². The van der Waals surface area contributed by atoms with Gasteiger partial charge in [0, 0.05) is 43.8 Å². The largest absolute Gasteiger partial charge is 0.319 e. The highest BCUT2D eigenvalue weighted by Gasteiger charge is 2.26. The molecule has 164 valence electrons. The minimum Gasteiger partial charge on any atom is -0.319 e. The van der Waals surface area contributed by atoms with E-state index in [1.807, 2.05) is 11.9 Å². The second-order valence-corrected chi connectivity index (χ2v) is 9.63. The van der Waals surface area contributed by atoms with Crippen LogP contribution in [0.1, 0.15) is 29.2 Å². The van der Waals surface area contributed by atoms with Gasteiger partial charge in [-0.1, -0.05) is 78.9 Å². The average Bonchev–Trinajstić information content (AvgIpc) is 2.86. The molecule has 32 heavy (non-hydrogen) atoms. The van der Waals surface area contributed by atoms with Crippen LogP contribution in [-0.4, -0.2) is 53.4 Å². The van der Waals surface area contributed by atoms with Crippen LogP contribution in [0.2, 0.25) is 0 Å². The molecule has 1 saturated heterocycles. The van der Waals surface area contributed by atoms with E-state index in [4.69, 9.17) is 0 Å². The van der Waals surface area contributed by atoms with Gasteiger partial charge in [0.15, 0.2) is 0 Å². The quantitative estimate of drug-likeness (QED) is 0.430. The van der Waals surface area contributed by atoms with Crippen molar-refractivity contribution < 1.29 is 0 Å². The molecule has 0 aromatic heterocycles. The first kappa shape index (κ1) is 21.3. The van der Waals surface area contributed by atoms with Crippen LogP contribution >= 0.6 is 11.9 Å². The Balaban J connectivity index is 1.14. The molecule has 0 bridgehead atoms. The molecule has 2 aliphatic rings. The van der Waals surface area contributed by atoms with E-state index in [1.54, 1.807) is 0 Å². The summed E-state index contributed by atoms with van der Waals surface area (Å²) in [5.74, 6) is 0. The van der Waals surface area contributed by atoms with Gasteiger partial charge < -0.3 is 9.21 Å². The van der Waals surface area contributed by atoms with Gasteiger partial charge >= 0.3 is 0 Å². The summed E-state index contributed by atoms with van der Waals surface area (Å²) in [7, 11) is 0. The summed E-state index contributed by atoms with van der Waals surface area (Å²) in [5, 5.41) is 0. The van der Waals surface area contributed by atoms with Gasteiger partial charge in [-0.2, -0.15) is 0 Å². The molecular formula is C28H31N3S. The molecular weight excluding hydrogens is 410 g/mol. The summed E-state index contributed by atoms with van der Waals surface area (Å²) < 4.78 is 2.37. The van der Waals surface area contributed by atoms with Gasteiger partial charge in [0.05, 0.1) is 6.04 Å². The normalized spacial score (nSPS) is 17.0. The van der Waals surface area contributed by atoms with E-state index in [-0.39, 0.29) is 0 Å². The van der Waals surface area contributed by atoms with E-state index in [1.165, 1.54) is 34.6 Å². The number of piperazine rings is 1. The second kappa shape index (κ2) is 10.4. The van der Waals surface area contributed by atoms with E-state index < -0.39 is 0 Å². The van der Waals surface area contributed by atoms with Crippen molar-refractivity contribution in [1.82, 2.24) is 14.1 Å². The lowest BCUT2D eigenvalue weighted by Crippen LogP contribution is -2.48. The number of hydrogen-bond acceptors (Lipinski definition) is 4. The highest BCUT2D eigenvalue weighted by molar-refractivity contribution is 7.97. The standard InChI is InChI=1S/C28H31N3S/c1-3-11-25(12-4-1)28(26-13-5-2-6-14-26)30-22-20-29(21-23-30)17-9-18-31-19-16-24-10-7-8-15-27(24)32-31/h1-8,10-16,19,28H,9,17-18,20-23H2. The van der Waals surface area contributed by atoms with Crippen LogP contribution in [0.25, 0.3) is 6.08 Å². The van der Waals surface area contributed by atoms with Gasteiger partial charge in [0.2, 0.25) is 0 Å². The minimum atomic E-state index is 0.342. The zero-order chi connectivity index (χ0) is 21.6. The number of fused-ring (bicyclic) bond motifs is 1. The maximum Gasteiger partial charge on any atom is 0.0602 e. The Morgan fingerprint density at radius 2 is 1.31 bits per heavy atom. The Morgan fingerprint density at radius 3 is 2.00 bits per heavy atom. The van der Waals surface area contributed by atoms with Gasteiger partial charge in [-0.15, -0.1) is 0 Å². The molecule has 4 heteroatoms. The highest BCUT2D eigenvalue weighted by Crippen LogP contribution is 2.32. The third kappa shape index (κ3) is 5.09. The van der Waals surface area contributed by atoms with Crippen molar-refractivity contribution in [3.05, 3.63) is 108 Å². The zero-order valence-electron chi connectivity index (χ0n) is 18.5. The monoisotopic (exact) mass is 441 g/mol. The highest BCUT2D eigenvalue weighted by atomic mass is 32.2. The second-order valence-electron chi connectivity index (χ2n) is 8.54. The number of rotatable bonds is 7. The van der Waals surface area contributed by atoms with Crippen molar-refractivity contribution in [2.45, 2.75) is 17.4 Å². The fourth-order valence-corrected chi connectivity index (χ4v) is 5.70. The maximum absolute atomic E-state index is 2.65. The fraction of sp³-hybridized carbons (Fsp3) is 0.286. The van der Waals surface area contributed by atoms with Gasteiger partial charge in [0.1, 0.15) is 0 Å². The molecule has 3 aromatic rings. The molecule has 0 unspecified atom stereocenters. The summed E-state index contributed by atoms with van der Waals surface area (Å²) >= 11 is 1.86. The molecule has 3 nitrogen and oxygen atoms in total. The number of hydrogen-bond donors (Lipinski definition) is 0. The smallest absolute Gasteiger partial charge is 0.0602 e. The molecule has 0 radical (unpaired) electrons. The van der Waals surface area contributed by atoms with Gasteiger partial charge in [-0.25, -0.2) is 0 Å². The van der Waals surface area contributed by atoms with Crippen LogP contribution in [0, 0.1) is 0 Å². The maximum atomic E-state index is 2.65. The summed E-state index contributed by atoms with van der Waals surface area (Å²) in [6.07, 6.45) is 5.66. The van der Waals surface area contributed by atoms with Crippen LogP contribution in [0.5, 0.6) is 0 Å². The van der Waals surface area contributed by atoms with E-state index in [0.29, 0.717) is 6.04 Å². The number of benzene rings is 3. The first-order valence-corrected chi connectivity index (χ1v) is 12.4. The summed E-state index contributed by atoms with van der Waals surface area (Å²) in [4.78, 5) is 6.65. The van der Waals surface area contributed by atoms with Gasteiger partial charge in [-0.3, -0.25) is 4.90 Å². The fourth-order valence-electron chi connectivity index (χ4n) is 4.72. The van der Waals surface area contributed by atoms with Crippen molar-refractivity contribution in [1.29, 1.82) is 0 Å². The SMILES string of the molecule is C1=CN(CCCN2CCN(C(c3ccccc3)c3ccccc3)CC2)Sc2ccccc21. The van der Waals surface area contributed by atoms with Crippen LogP contribution in [0.4, 0.5) is 0 Å². The lowest BCUT2D eigenvalue weighted by atomic mass is 9.96. The minimum absolute atomic E-state index is 0.342. The van der Waals surface area contributed by atoms with Gasteiger partial charge in [-0.05, 0) is 53.7 Å². The van der Waals surface area contributed by atoms with E-state index in [0.717, 1.165) is 32.7 Å². The van der Waals surface area contributed by atoms with Crippen LogP contribution in [-0.2, 0) is 0 Å². The zero-order valence-corrected chi connectivity index (χ0v) is 19.3. The van der Waals surface area contributed by atoms with E-state index in [9.17, 15) is 0 Å². The molecule has 3 aromatic carbocycles. The molecule has 0 amide bonds. The predicted octanol–water partition coefficient (Wildman–Crippen LogP) is 5.78. The predicted molar refractivity (Wildman–Crippen MR) is 135 cm³/mol. The molecule has 2 heterocycles. The molecule has 1 fully saturated rings. The van der Waals surface area contributed by atoms with Crippen LogP contribution in [0.15, 0.2) is 96.0 Å². The first-order chi connectivity index (χ1) is 15.9. The third-order valence-electron chi connectivity index (χ3n) is 6.41. The summed E-state index contributed by atoms with van der Waals surface area (Å²) in [6, 6.07) is 30.9. The van der Waals surface area contributed by atoms with Crippen LogP contribution in [0.3, 0.4) is 0 Å². The molecule has 0 saturated carbocycles. The Morgan fingerprint density at radius 1 is 0.688 bits per heavy atom. The van der Waals surface area contributed by atoms with E-state index in [2.05, 4.69) is 111 Å². The average molecular weight is 442 g/mol. The Labute approximate surface area is 196 Å². The van der Waals surface area contributed by atoms with Crippen LogP contribution < -0.4 is 0 Å². The van der Waals surface area contributed by atoms with Crippen molar-refractivity contribution >= 4 is 18.0 Å². The molecule has 0 atom stereocenters. The lowest BCUT2D eigenvalue weighted by molar-refractivity contribution is 0.108. The molecule has 0 spiro atoms. The summed E-state index contributed by atoms with van der Waals surface area (Å²) in [6.45, 7) is 6.76. The molecule has 0 N–H and O–H groups in total. The molecule has 2 aliphatic heterocycles. The van der Waals surface area contributed by atoms with Crippen molar-refractivity contribution in [2.75, 3.05) is 39.3 Å². The number of nitrogens with zero attached hydrogens (tertiary/aromatic N) is 3. The Kier molecular flexibility index (Phi) is 6.92. The first-order valence-electron chi connectivity index (χ1n) is 11.6. The molecule has 5 rings (SSSR count). The lowest BCUT2D eigenvalue weighted by Gasteiger charge is -2.40. The van der Waals surface area contributed by atoms with Crippen molar-refractivity contribution in [3.8, 4) is 0 Å². The topological polar surface area (TPSA) is 9.72 Å². The Hall–Kier alpha value is -2.53. The Bertz CT molecular complexity index is 974. The third-order valence-corrected chi connectivity index (χ3v) is 7.52. The van der Waals surface area contributed by atoms with Gasteiger partial charge in [0.25, 0.3) is 0 Å².